The Bertz CT molecular complexity index is 1380. The molecule has 0 unspecified atom stereocenters. The summed E-state index contributed by atoms with van der Waals surface area (Å²) in [6.45, 7) is 0. The highest BCUT2D eigenvalue weighted by molar-refractivity contribution is 7.95. The quantitative estimate of drug-likeness (QED) is 0.520. The molecule has 1 heterocycles. The predicted molar refractivity (Wildman–Crippen MR) is 126 cm³/mol. The molecule has 0 aromatic heterocycles. The van der Waals surface area contributed by atoms with Crippen molar-refractivity contribution in [2.45, 2.75) is 10.9 Å². The first kappa shape index (κ1) is 24.1. The molecule has 10 heteroatoms. The third-order valence-corrected chi connectivity index (χ3v) is 7.50. The van der Waals surface area contributed by atoms with E-state index in [-0.39, 0.29) is 33.4 Å². The topological polar surface area (TPSA) is 102 Å². The smallest absolute Gasteiger partial charge is 0.295 e. The number of carbonyl (C=O) groups is 1. The van der Waals surface area contributed by atoms with Gasteiger partial charge in [0.15, 0.2) is 17.3 Å². The number of anilines is 1. The molecule has 1 N–H and O–H groups in total. The van der Waals surface area contributed by atoms with Gasteiger partial charge in [0.05, 0.1) is 26.2 Å². The summed E-state index contributed by atoms with van der Waals surface area (Å²) in [4.78, 5) is 13.7. The van der Waals surface area contributed by atoms with Gasteiger partial charge >= 0.3 is 0 Å². The van der Waals surface area contributed by atoms with Crippen molar-refractivity contribution in [3.8, 4) is 17.2 Å². The first-order valence-corrected chi connectivity index (χ1v) is 11.8. The number of benzene rings is 3. The Kier molecular flexibility index (Phi) is 6.40. The second kappa shape index (κ2) is 9.30. The molecule has 1 atom stereocenters. The SMILES string of the molecule is COc1cc([C@@H]2C(S(=O)(=O)c3ccccc3)=C(O)C(=O)N2c2ccc(F)cc2)cc(OC)c1OC. The van der Waals surface area contributed by atoms with Gasteiger partial charge in [0.2, 0.25) is 15.6 Å². The number of rotatable bonds is 7. The minimum Gasteiger partial charge on any atom is -0.502 e. The Morgan fingerprint density at radius 3 is 1.97 bits per heavy atom. The maximum absolute atomic E-state index is 13.7. The van der Waals surface area contributed by atoms with Gasteiger partial charge in [-0.3, -0.25) is 9.69 Å². The fourth-order valence-electron chi connectivity index (χ4n) is 4.01. The average molecular weight is 500 g/mol. The maximum Gasteiger partial charge on any atom is 0.295 e. The predicted octanol–water partition coefficient (Wildman–Crippen LogP) is 4.18. The number of aliphatic hydroxyl groups excluding tert-OH is 1. The van der Waals surface area contributed by atoms with E-state index in [1.165, 1.54) is 69.9 Å². The fourth-order valence-corrected chi connectivity index (χ4v) is 5.66. The highest BCUT2D eigenvalue weighted by atomic mass is 32.2. The summed E-state index contributed by atoms with van der Waals surface area (Å²) in [5.41, 5.74) is 0.440. The van der Waals surface area contributed by atoms with Crippen LogP contribution in [-0.4, -0.2) is 40.8 Å². The fraction of sp³-hybridized carbons (Fsp3) is 0.160. The van der Waals surface area contributed by atoms with Crippen molar-refractivity contribution in [1.29, 1.82) is 0 Å². The first-order chi connectivity index (χ1) is 16.7. The average Bonchev–Trinajstić information content (AvgIpc) is 3.15. The molecular weight excluding hydrogens is 477 g/mol. The minimum atomic E-state index is -4.34. The lowest BCUT2D eigenvalue weighted by molar-refractivity contribution is -0.117. The zero-order chi connectivity index (χ0) is 25.3. The molecule has 35 heavy (non-hydrogen) atoms. The normalized spacial score (nSPS) is 15.9. The Labute approximate surface area is 201 Å². The molecule has 0 spiro atoms. The van der Waals surface area contributed by atoms with E-state index in [4.69, 9.17) is 14.2 Å². The summed E-state index contributed by atoms with van der Waals surface area (Å²) in [7, 11) is -0.131. The van der Waals surface area contributed by atoms with Crippen LogP contribution in [0.4, 0.5) is 10.1 Å². The lowest BCUT2D eigenvalue weighted by Crippen LogP contribution is -2.31. The van der Waals surface area contributed by atoms with Gasteiger partial charge in [-0.2, -0.15) is 0 Å². The summed E-state index contributed by atoms with van der Waals surface area (Å²) >= 11 is 0. The molecular formula is C25H22FNO7S. The standard InChI is InChI=1S/C25H22FNO7S/c1-32-19-13-15(14-20(33-2)23(19)34-3)21-24(35(30,31)18-7-5-4-6-8-18)22(28)25(29)27(21)17-11-9-16(26)10-12-17/h4-14,21,28H,1-3H3/t21-/m1/s1. The molecule has 0 saturated carbocycles. The van der Waals surface area contributed by atoms with Crippen LogP contribution in [-0.2, 0) is 14.6 Å². The molecule has 1 aliphatic heterocycles. The van der Waals surface area contributed by atoms with Crippen LogP contribution in [0.1, 0.15) is 11.6 Å². The molecule has 3 aromatic carbocycles. The molecule has 8 nitrogen and oxygen atoms in total. The summed E-state index contributed by atoms with van der Waals surface area (Å²) in [6.07, 6.45) is 0. The molecule has 0 bridgehead atoms. The number of sulfone groups is 1. The van der Waals surface area contributed by atoms with Gasteiger partial charge in [-0.1, -0.05) is 18.2 Å². The van der Waals surface area contributed by atoms with Crippen molar-refractivity contribution in [3.05, 3.63) is 88.8 Å². The molecule has 0 radical (unpaired) electrons. The molecule has 0 fully saturated rings. The molecule has 3 aromatic rings. The van der Waals surface area contributed by atoms with Gasteiger partial charge in [0.1, 0.15) is 16.8 Å². The van der Waals surface area contributed by atoms with Crippen molar-refractivity contribution in [3.63, 3.8) is 0 Å². The van der Waals surface area contributed by atoms with Crippen LogP contribution in [0.25, 0.3) is 0 Å². The summed E-state index contributed by atoms with van der Waals surface area (Å²) in [5, 5.41) is 10.9. The number of nitrogens with zero attached hydrogens (tertiary/aromatic N) is 1. The first-order valence-electron chi connectivity index (χ1n) is 10.4. The second-order valence-corrected chi connectivity index (χ2v) is 9.46. The zero-order valence-corrected chi connectivity index (χ0v) is 19.9. The van der Waals surface area contributed by atoms with E-state index in [1.807, 2.05) is 0 Å². The Morgan fingerprint density at radius 1 is 0.886 bits per heavy atom. The lowest BCUT2D eigenvalue weighted by Gasteiger charge is -2.28. The number of ether oxygens (including phenoxy) is 3. The van der Waals surface area contributed by atoms with E-state index in [0.29, 0.717) is 0 Å². The second-order valence-electron chi connectivity index (χ2n) is 7.54. The summed E-state index contributed by atoms with van der Waals surface area (Å²) < 4.78 is 57.2. The van der Waals surface area contributed by atoms with Crippen LogP contribution in [0, 0.1) is 5.82 Å². The van der Waals surface area contributed by atoms with Crippen LogP contribution in [0.3, 0.4) is 0 Å². The van der Waals surface area contributed by atoms with Crippen LogP contribution < -0.4 is 19.1 Å². The van der Waals surface area contributed by atoms with E-state index in [1.54, 1.807) is 6.07 Å². The third-order valence-electron chi connectivity index (χ3n) is 5.61. The minimum absolute atomic E-state index is 0.104. The van der Waals surface area contributed by atoms with Gasteiger partial charge in [0.25, 0.3) is 5.91 Å². The van der Waals surface area contributed by atoms with Gasteiger partial charge in [-0.05, 0) is 54.1 Å². The highest BCUT2D eigenvalue weighted by Gasteiger charge is 2.48. The molecule has 0 saturated heterocycles. The van der Waals surface area contributed by atoms with E-state index < -0.39 is 38.3 Å². The van der Waals surface area contributed by atoms with Crippen molar-refractivity contribution in [2.24, 2.45) is 0 Å². The van der Waals surface area contributed by atoms with Crippen molar-refractivity contribution >= 4 is 21.4 Å². The Morgan fingerprint density at radius 2 is 1.46 bits per heavy atom. The summed E-state index contributed by atoms with van der Waals surface area (Å²) in [6, 6.07) is 14.0. The number of halogens is 1. The number of amides is 1. The lowest BCUT2D eigenvalue weighted by atomic mass is 10.0. The molecule has 0 aliphatic carbocycles. The molecule has 1 aliphatic rings. The Balaban J connectivity index is 2.01. The maximum atomic E-state index is 13.7. The van der Waals surface area contributed by atoms with Gasteiger partial charge in [-0.25, -0.2) is 12.8 Å². The van der Waals surface area contributed by atoms with Crippen molar-refractivity contribution in [2.75, 3.05) is 26.2 Å². The van der Waals surface area contributed by atoms with Crippen LogP contribution >= 0.6 is 0 Å². The van der Waals surface area contributed by atoms with E-state index >= 15 is 0 Å². The number of aliphatic hydroxyl groups is 1. The van der Waals surface area contributed by atoms with Gasteiger partial charge in [-0.15, -0.1) is 0 Å². The largest absolute Gasteiger partial charge is 0.502 e. The monoisotopic (exact) mass is 499 g/mol. The van der Waals surface area contributed by atoms with Crippen LogP contribution in [0.5, 0.6) is 17.2 Å². The molecule has 1 amide bonds. The van der Waals surface area contributed by atoms with Crippen LogP contribution in [0.2, 0.25) is 0 Å². The molecule has 4 rings (SSSR count). The van der Waals surface area contributed by atoms with Crippen molar-refractivity contribution in [1.82, 2.24) is 0 Å². The van der Waals surface area contributed by atoms with E-state index in [2.05, 4.69) is 0 Å². The third kappa shape index (κ3) is 4.06. The van der Waals surface area contributed by atoms with Crippen LogP contribution in [0.15, 0.2) is 82.3 Å². The summed E-state index contributed by atoms with van der Waals surface area (Å²) in [5.74, 6) is -1.73. The zero-order valence-electron chi connectivity index (χ0n) is 19.1. The van der Waals surface area contributed by atoms with E-state index in [9.17, 15) is 22.7 Å². The van der Waals surface area contributed by atoms with Gasteiger partial charge < -0.3 is 19.3 Å². The number of carbonyl (C=O) groups excluding carboxylic acids is 1. The number of hydrogen-bond acceptors (Lipinski definition) is 7. The molecule has 182 valence electrons. The van der Waals surface area contributed by atoms with Crippen molar-refractivity contribution < 1.29 is 36.9 Å². The number of methoxy groups -OCH3 is 3. The number of hydrogen-bond donors (Lipinski definition) is 1. The van der Waals surface area contributed by atoms with E-state index in [0.717, 1.165) is 17.0 Å². The highest BCUT2D eigenvalue weighted by Crippen LogP contribution is 2.48. The van der Waals surface area contributed by atoms with Gasteiger partial charge in [0, 0.05) is 5.69 Å². The Hall–Kier alpha value is -4.05.